The van der Waals surface area contributed by atoms with Crippen LogP contribution in [0.1, 0.15) is 58.4 Å². The summed E-state index contributed by atoms with van der Waals surface area (Å²) in [4.78, 5) is 11.8. The second-order valence-corrected chi connectivity index (χ2v) is 8.05. The van der Waals surface area contributed by atoms with Gasteiger partial charge in [0.05, 0.1) is 12.5 Å². The Kier molecular flexibility index (Phi) is 4.16. The van der Waals surface area contributed by atoms with Crippen molar-refractivity contribution in [3.8, 4) is 0 Å². The van der Waals surface area contributed by atoms with Crippen molar-refractivity contribution in [3.63, 3.8) is 0 Å². The Bertz CT molecular complexity index is 600. The number of carboxylic acid groups (broad SMARTS) is 1. The highest BCUT2D eigenvalue weighted by molar-refractivity contribution is 5.88. The molecule has 23 heavy (non-hydrogen) atoms. The number of hydrogen-bond donors (Lipinski definition) is 1. The van der Waals surface area contributed by atoms with Gasteiger partial charge in [0.15, 0.2) is 0 Å². The number of carbonyl (C=O) groups is 1. The van der Waals surface area contributed by atoms with Crippen LogP contribution in [-0.2, 0) is 11.2 Å². The number of fused-ring (bicyclic) bond motifs is 1. The van der Waals surface area contributed by atoms with Crippen LogP contribution in [-0.4, -0.2) is 11.1 Å². The monoisotopic (exact) mass is 316 g/mol. The molecular formula is C20H28O3. The highest BCUT2D eigenvalue weighted by atomic mass is 16.4. The van der Waals surface area contributed by atoms with Crippen LogP contribution in [0.15, 0.2) is 34.7 Å². The fourth-order valence-corrected chi connectivity index (χ4v) is 5.29. The molecule has 0 amide bonds. The molecule has 1 N–H and O–H groups in total. The molecule has 3 nitrogen and oxygen atoms in total. The van der Waals surface area contributed by atoms with E-state index in [1.807, 2.05) is 18.4 Å². The van der Waals surface area contributed by atoms with E-state index in [4.69, 9.17) is 4.42 Å². The lowest BCUT2D eigenvalue weighted by Crippen LogP contribution is -2.51. The van der Waals surface area contributed by atoms with Gasteiger partial charge in [-0.1, -0.05) is 26.8 Å². The Morgan fingerprint density at radius 3 is 2.83 bits per heavy atom. The first kappa shape index (κ1) is 16.4. The van der Waals surface area contributed by atoms with Crippen LogP contribution in [0.5, 0.6) is 0 Å². The van der Waals surface area contributed by atoms with Crippen LogP contribution in [0.2, 0.25) is 0 Å². The molecule has 3 heteroatoms. The molecule has 0 unspecified atom stereocenters. The fraction of sp³-hybridized carbons (Fsp3) is 0.650. The Hall–Kier alpha value is -1.51. The number of rotatable bonds is 4. The molecule has 1 aromatic heterocycles. The van der Waals surface area contributed by atoms with Gasteiger partial charge in [0.25, 0.3) is 0 Å². The van der Waals surface area contributed by atoms with Crippen molar-refractivity contribution in [1.82, 2.24) is 0 Å². The number of carboxylic acids is 1. The summed E-state index contributed by atoms with van der Waals surface area (Å²) in [6.45, 7) is 6.94. The summed E-state index contributed by atoms with van der Waals surface area (Å²) in [6, 6.07) is 2.04. The summed E-state index contributed by atoms with van der Waals surface area (Å²) in [5, 5.41) is 9.68. The normalized spacial score (nSPS) is 37.1. The van der Waals surface area contributed by atoms with E-state index >= 15 is 0 Å². The highest BCUT2D eigenvalue weighted by Crippen LogP contribution is 2.61. The number of hydrogen-bond acceptors (Lipinski definition) is 2. The fourth-order valence-electron chi connectivity index (χ4n) is 5.29. The zero-order valence-electron chi connectivity index (χ0n) is 14.5. The molecule has 2 aliphatic carbocycles. The Balaban J connectivity index is 1.89. The maximum atomic E-state index is 11.8. The van der Waals surface area contributed by atoms with Crippen molar-refractivity contribution in [2.75, 3.05) is 0 Å². The molecule has 1 fully saturated rings. The smallest absolute Gasteiger partial charge is 0.331 e. The standard InChI is InChI=1S/C20H28O3/c1-14-7-10-20(3)16(18(21)22)5-4-6-17(20)19(14,2)11-8-15-9-12-23-13-15/h5,9,12-14,17H,4,6-8,10-11H2,1-3H3,(H,21,22)/t14-,17+,19+,20+/m1/s1. The second kappa shape index (κ2) is 5.85. The lowest BCUT2D eigenvalue weighted by Gasteiger charge is -2.57. The van der Waals surface area contributed by atoms with Crippen LogP contribution >= 0.6 is 0 Å². The lowest BCUT2D eigenvalue weighted by atomic mass is 9.46. The highest BCUT2D eigenvalue weighted by Gasteiger charge is 2.55. The van der Waals surface area contributed by atoms with Crippen molar-refractivity contribution in [1.29, 1.82) is 0 Å². The minimum Gasteiger partial charge on any atom is -0.478 e. The zero-order valence-corrected chi connectivity index (χ0v) is 14.5. The third kappa shape index (κ3) is 2.64. The molecule has 3 rings (SSSR count). The summed E-state index contributed by atoms with van der Waals surface area (Å²) in [5.74, 6) is 0.353. The molecule has 2 aliphatic rings. The van der Waals surface area contributed by atoms with Crippen molar-refractivity contribution in [2.45, 2.75) is 59.3 Å². The van der Waals surface area contributed by atoms with Crippen LogP contribution in [0.25, 0.3) is 0 Å². The molecule has 126 valence electrons. The SMILES string of the molecule is C[C@@H]1CC[C@@]2(C)C(C(=O)O)=CCC[C@H]2[C@@]1(C)CCc1ccoc1. The van der Waals surface area contributed by atoms with Crippen molar-refractivity contribution >= 4 is 5.97 Å². The maximum absolute atomic E-state index is 11.8. The van der Waals surface area contributed by atoms with E-state index in [1.165, 1.54) is 5.56 Å². The van der Waals surface area contributed by atoms with Gasteiger partial charge in [0, 0.05) is 11.0 Å². The van der Waals surface area contributed by atoms with Gasteiger partial charge in [-0.15, -0.1) is 0 Å². The first-order valence-corrected chi connectivity index (χ1v) is 8.83. The molecule has 1 aromatic rings. The first-order valence-electron chi connectivity index (χ1n) is 8.83. The molecule has 0 bridgehead atoms. The number of furan rings is 1. The third-order valence-electron chi connectivity index (χ3n) is 6.97. The van der Waals surface area contributed by atoms with Gasteiger partial charge < -0.3 is 9.52 Å². The quantitative estimate of drug-likeness (QED) is 0.843. The van der Waals surface area contributed by atoms with Crippen LogP contribution in [0, 0.1) is 22.7 Å². The van der Waals surface area contributed by atoms with E-state index in [0.29, 0.717) is 17.4 Å². The van der Waals surface area contributed by atoms with Crippen molar-refractivity contribution < 1.29 is 14.3 Å². The van der Waals surface area contributed by atoms with E-state index in [1.54, 1.807) is 6.26 Å². The number of aliphatic carboxylic acids is 1. The summed E-state index contributed by atoms with van der Waals surface area (Å²) in [6.07, 6.45) is 11.8. The molecule has 0 aliphatic heterocycles. The van der Waals surface area contributed by atoms with E-state index in [-0.39, 0.29) is 10.8 Å². The van der Waals surface area contributed by atoms with Gasteiger partial charge in [-0.2, -0.15) is 0 Å². The molecule has 0 spiro atoms. The van der Waals surface area contributed by atoms with Gasteiger partial charge >= 0.3 is 5.97 Å². The van der Waals surface area contributed by atoms with Crippen LogP contribution < -0.4 is 0 Å². The Morgan fingerprint density at radius 2 is 2.17 bits per heavy atom. The maximum Gasteiger partial charge on any atom is 0.331 e. The van der Waals surface area contributed by atoms with E-state index in [9.17, 15) is 9.90 Å². The van der Waals surface area contributed by atoms with Gasteiger partial charge in [-0.3, -0.25) is 0 Å². The van der Waals surface area contributed by atoms with E-state index < -0.39 is 5.97 Å². The largest absolute Gasteiger partial charge is 0.478 e. The summed E-state index contributed by atoms with van der Waals surface area (Å²) < 4.78 is 5.20. The summed E-state index contributed by atoms with van der Waals surface area (Å²) in [7, 11) is 0. The minimum absolute atomic E-state index is 0.179. The average Bonchev–Trinajstić information content (AvgIpc) is 3.02. The molecule has 0 radical (unpaired) electrons. The predicted molar refractivity (Wildman–Crippen MR) is 90.1 cm³/mol. The zero-order chi connectivity index (χ0) is 16.7. The molecular weight excluding hydrogens is 288 g/mol. The molecule has 1 heterocycles. The second-order valence-electron chi connectivity index (χ2n) is 8.05. The Morgan fingerprint density at radius 1 is 1.39 bits per heavy atom. The van der Waals surface area contributed by atoms with Gasteiger partial charge in [-0.25, -0.2) is 4.79 Å². The summed E-state index contributed by atoms with van der Waals surface area (Å²) in [5.41, 5.74) is 1.91. The minimum atomic E-state index is -0.719. The lowest BCUT2D eigenvalue weighted by molar-refractivity contribution is -0.137. The van der Waals surface area contributed by atoms with Crippen molar-refractivity contribution in [2.24, 2.45) is 22.7 Å². The third-order valence-corrected chi connectivity index (χ3v) is 6.97. The van der Waals surface area contributed by atoms with E-state index in [0.717, 1.165) is 38.5 Å². The van der Waals surface area contributed by atoms with Gasteiger partial charge in [-0.05, 0) is 67.4 Å². The first-order chi connectivity index (χ1) is 10.9. The van der Waals surface area contributed by atoms with Crippen LogP contribution in [0.4, 0.5) is 0 Å². The van der Waals surface area contributed by atoms with Crippen molar-refractivity contribution in [3.05, 3.63) is 35.8 Å². The topological polar surface area (TPSA) is 50.4 Å². The molecule has 4 atom stereocenters. The van der Waals surface area contributed by atoms with Crippen LogP contribution in [0.3, 0.4) is 0 Å². The van der Waals surface area contributed by atoms with E-state index in [2.05, 4.69) is 20.8 Å². The Labute approximate surface area is 138 Å². The summed E-state index contributed by atoms with van der Waals surface area (Å²) >= 11 is 0. The number of allylic oxidation sites excluding steroid dienone is 1. The average molecular weight is 316 g/mol. The van der Waals surface area contributed by atoms with Gasteiger partial charge in [0.1, 0.15) is 0 Å². The van der Waals surface area contributed by atoms with Gasteiger partial charge in [0.2, 0.25) is 0 Å². The number of aryl methyl sites for hydroxylation is 1. The molecule has 0 aromatic carbocycles. The molecule has 1 saturated carbocycles. The predicted octanol–water partition coefficient (Wildman–Crippen LogP) is 5.08. The molecule has 0 saturated heterocycles.